The second kappa shape index (κ2) is 9.58. The molecular formula is C17H19BCl2N4O5S. The highest BCUT2D eigenvalue weighted by atomic mass is 35.5. The maximum atomic E-state index is 12.9. The van der Waals surface area contributed by atoms with Crippen LogP contribution in [0, 0.1) is 0 Å². The highest BCUT2D eigenvalue weighted by Crippen LogP contribution is 2.28. The van der Waals surface area contributed by atoms with Crippen molar-refractivity contribution >= 4 is 58.8 Å². The molecule has 1 aromatic heterocycles. The lowest BCUT2D eigenvalue weighted by atomic mass is 9.79. The third-order valence-corrected chi connectivity index (χ3v) is 5.75. The fourth-order valence-electron chi connectivity index (χ4n) is 2.95. The number of imidazole rings is 1. The lowest BCUT2D eigenvalue weighted by Gasteiger charge is -2.14. The summed E-state index contributed by atoms with van der Waals surface area (Å²) in [5, 5.41) is 22.5. The number of aromatic nitrogens is 2. The van der Waals surface area contributed by atoms with Gasteiger partial charge in [0.25, 0.3) is 10.0 Å². The molecule has 0 bridgehead atoms. The van der Waals surface area contributed by atoms with Crippen LogP contribution in [0.5, 0.6) is 5.75 Å². The van der Waals surface area contributed by atoms with E-state index in [0.29, 0.717) is 17.0 Å². The summed E-state index contributed by atoms with van der Waals surface area (Å²) >= 11 is 0. The number of aromatic amines is 1. The Morgan fingerprint density at radius 3 is 2.73 bits per heavy atom. The van der Waals surface area contributed by atoms with Gasteiger partial charge in [-0.1, -0.05) is 6.07 Å². The molecule has 160 valence electrons. The highest BCUT2D eigenvalue weighted by molar-refractivity contribution is 7.92. The van der Waals surface area contributed by atoms with E-state index in [4.69, 9.17) is 4.65 Å². The van der Waals surface area contributed by atoms with Crippen LogP contribution in [-0.2, 0) is 27.8 Å². The quantitative estimate of drug-likeness (QED) is 0.343. The number of H-pyrrole nitrogens is 1. The van der Waals surface area contributed by atoms with E-state index in [1.165, 1.54) is 18.2 Å². The first-order chi connectivity index (χ1) is 13.4. The SMILES string of the molecule is Cl.Cl.O=S(=O)(Nc1ccc2c(c1)B(O)OC2)c1ccc(O)cc1NCc1ncc[nH]1. The molecule has 9 nitrogen and oxygen atoms in total. The van der Waals surface area contributed by atoms with Crippen molar-refractivity contribution in [3.8, 4) is 5.75 Å². The fraction of sp³-hybridized carbons (Fsp3) is 0.118. The van der Waals surface area contributed by atoms with Crippen molar-refractivity contribution in [1.82, 2.24) is 9.97 Å². The number of hydrogen-bond acceptors (Lipinski definition) is 7. The first-order valence-electron chi connectivity index (χ1n) is 8.43. The van der Waals surface area contributed by atoms with Gasteiger partial charge >= 0.3 is 7.12 Å². The zero-order valence-corrected chi connectivity index (χ0v) is 17.9. The van der Waals surface area contributed by atoms with E-state index in [1.807, 2.05) is 0 Å². The molecule has 1 aliphatic rings. The van der Waals surface area contributed by atoms with Crippen molar-refractivity contribution in [2.24, 2.45) is 0 Å². The van der Waals surface area contributed by atoms with Gasteiger partial charge in [0.2, 0.25) is 0 Å². The molecule has 0 unspecified atom stereocenters. The Morgan fingerprint density at radius 1 is 1.20 bits per heavy atom. The molecule has 13 heteroatoms. The van der Waals surface area contributed by atoms with Crippen LogP contribution < -0.4 is 15.5 Å². The number of rotatable bonds is 6. The lowest BCUT2D eigenvalue weighted by Crippen LogP contribution is -2.28. The Bertz CT molecular complexity index is 1120. The van der Waals surface area contributed by atoms with Crippen molar-refractivity contribution in [2.45, 2.75) is 18.0 Å². The van der Waals surface area contributed by atoms with Gasteiger partial charge in [-0.05, 0) is 35.3 Å². The van der Waals surface area contributed by atoms with Gasteiger partial charge in [-0.3, -0.25) is 4.72 Å². The molecule has 4 rings (SSSR count). The molecule has 2 heterocycles. The largest absolute Gasteiger partial charge is 0.508 e. The number of benzene rings is 2. The van der Waals surface area contributed by atoms with E-state index < -0.39 is 17.1 Å². The topological polar surface area (TPSA) is 137 Å². The van der Waals surface area contributed by atoms with Gasteiger partial charge in [0.1, 0.15) is 16.5 Å². The summed E-state index contributed by atoms with van der Waals surface area (Å²) in [4.78, 5) is 6.95. The first kappa shape index (κ1) is 23.8. The summed E-state index contributed by atoms with van der Waals surface area (Å²) < 4.78 is 33.5. The molecule has 5 N–H and O–H groups in total. The second-order valence-electron chi connectivity index (χ2n) is 6.25. The van der Waals surface area contributed by atoms with Gasteiger partial charge in [-0.15, -0.1) is 24.8 Å². The monoisotopic (exact) mass is 472 g/mol. The maximum absolute atomic E-state index is 12.9. The third-order valence-electron chi connectivity index (χ3n) is 4.31. The van der Waals surface area contributed by atoms with Gasteiger partial charge in [0.15, 0.2) is 0 Å². The predicted octanol–water partition coefficient (Wildman–Crippen LogP) is 1.59. The average molecular weight is 473 g/mol. The number of phenols is 1. The van der Waals surface area contributed by atoms with Crippen LogP contribution in [0.25, 0.3) is 0 Å². The number of nitrogens with one attached hydrogen (secondary N) is 3. The van der Waals surface area contributed by atoms with E-state index >= 15 is 0 Å². The van der Waals surface area contributed by atoms with E-state index in [2.05, 4.69) is 20.0 Å². The number of halogens is 2. The van der Waals surface area contributed by atoms with Gasteiger partial charge in [-0.2, -0.15) is 0 Å². The molecule has 2 aromatic carbocycles. The number of nitrogens with zero attached hydrogens (tertiary/aromatic N) is 1. The third kappa shape index (κ3) is 5.00. The van der Waals surface area contributed by atoms with Gasteiger partial charge in [0, 0.05) is 24.1 Å². The lowest BCUT2D eigenvalue weighted by molar-refractivity contribution is 0.275. The Kier molecular flexibility index (Phi) is 7.62. The number of aromatic hydroxyl groups is 1. The molecule has 0 spiro atoms. The normalized spacial score (nSPS) is 12.5. The van der Waals surface area contributed by atoms with Crippen LogP contribution in [0.15, 0.2) is 53.7 Å². The van der Waals surface area contributed by atoms with Crippen molar-refractivity contribution in [2.75, 3.05) is 10.0 Å². The summed E-state index contributed by atoms with van der Waals surface area (Å²) in [6, 6.07) is 8.80. The molecule has 0 saturated carbocycles. The van der Waals surface area contributed by atoms with E-state index in [-0.39, 0.29) is 54.3 Å². The fourth-order valence-corrected chi connectivity index (χ4v) is 4.17. The molecule has 0 aliphatic carbocycles. The van der Waals surface area contributed by atoms with Crippen LogP contribution >= 0.6 is 24.8 Å². The molecule has 0 radical (unpaired) electrons. The van der Waals surface area contributed by atoms with Crippen LogP contribution in [0.4, 0.5) is 11.4 Å². The number of phenolic OH excluding ortho intramolecular Hbond substituents is 1. The standard InChI is InChI=1S/C17H17BN4O5S.2ClH/c23-13-3-4-16(15(8-13)21-9-17-19-5-6-20-17)28(25,26)22-12-2-1-11-10-27-18(24)14(11)7-12;;/h1-8,21-24H,9-10H2,(H,19,20);2*1H. The minimum absolute atomic E-state index is 0. The van der Waals surface area contributed by atoms with Crippen molar-refractivity contribution in [1.29, 1.82) is 0 Å². The zero-order chi connectivity index (χ0) is 19.7. The maximum Gasteiger partial charge on any atom is 0.491 e. The van der Waals surface area contributed by atoms with E-state index in [1.54, 1.807) is 30.6 Å². The molecule has 30 heavy (non-hydrogen) atoms. The van der Waals surface area contributed by atoms with Crippen LogP contribution in [-0.4, -0.2) is 35.6 Å². The number of sulfonamides is 1. The zero-order valence-electron chi connectivity index (χ0n) is 15.4. The molecule has 0 atom stereocenters. The van der Waals surface area contributed by atoms with Gasteiger partial charge < -0.3 is 25.1 Å². The molecule has 0 amide bonds. The summed E-state index contributed by atoms with van der Waals surface area (Å²) in [7, 11) is -5.03. The van der Waals surface area contributed by atoms with Crippen molar-refractivity contribution < 1.29 is 23.2 Å². The van der Waals surface area contributed by atoms with Gasteiger partial charge in [0.05, 0.1) is 18.8 Å². The second-order valence-corrected chi connectivity index (χ2v) is 7.90. The van der Waals surface area contributed by atoms with Crippen LogP contribution in [0.3, 0.4) is 0 Å². The Hall–Kier alpha value is -2.44. The van der Waals surface area contributed by atoms with E-state index in [0.717, 1.165) is 5.56 Å². The first-order valence-corrected chi connectivity index (χ1v) is 9.91. The number of fused-ring (bicyclic) bond motifs is 1. The van der Waals surface area contributed by atoms with Crippen molar-refractivity contribution in [3.63, 3.8) is 0 Å². The molecule has 1 aliphatic heterocycles. The smallest absolute Gasteiger partial charge is 0.491 e. The van der Waals surface area contributed by atoms with Crippen LogP contribution in [0.1, 0.15) is 11.4 Å². The van der Waals surface area contributed by atoms with Gasteiger partial charge in [-0.25, -0.2) is 13.4 Å². The minimum atomic E-state index is -3.96. The van der Waals surface area contributed by atoms with E-state index in [9.17, 15) is 18.5 Å². The Morgan fingerprint density at radius 2 is 2.00 bits per heavy atom. The summed E-state index contributed by atoms with van der Waals surface area (Å²) in [5.74, 6) is 0.547. The number of hydrogen-bond donors (Lipinski definition) is 5. The predicted molar refractivity (Wildman–Crippen MR) is 118 cm³/mol. The molecule has 0 fully saturated rings. The Balaban J connectivity index is 0.00000160. The van der Waals surface area contributed by atoms with Crippen molar-refractivity contribution in [3.05, 3.63) is 60.2 Å². The summed E-state index contributed by atoms with van der Waals surface area (Å²) in [6.45, 7) is 0.531. The van der Waals surface area contributed by atoms with Crippen LogP contribution in [0.2, 0.25) is 0 Å². The average Bonchev–Trinajstić information content (AvgIpc) is 3.30. The molecular weight excluding hydrogens is 454 g/mol. The minimum Gasteiger partial charge on any atom is -0.508 e. The Labute approximate surface area is 185 Å². The summed E-state index contributed by atoms with van der Waals surface area (Å²) in [6.07, 6.45) is 3.25. The molecule has 0 saturated heterocycles. The summed E-state index contributed by atoms with van der Waals surface area (Å²) in [5.41, 5.74) is 1.87. The highest BCUT2D eigenvalue weighted by Gasteiger charge is 2.28. The molecule has 3 aromatic rings. The number of anilines is 2.